The molecule has 100 valence electrons. The SMILES string of the molecule is CCCCCCN(CC)C(=O)O[n+]1ccccc1. The Labute approximate surface area is 109 Å². The number of pyridine rings is 1. The van der Waals surface area contributed by atoms with Crippen molar-refractivity contribution in [2.45, 2.75) is 39.5 Å². The molecule has 0 fully saturated rings. The predicted octanol–water partition coefficient (Wildman–Crippen LogP) is 2.42. The lowest BCUT2D eigenvalue weighted by atomic mass is 10.2. The predicted molar refractivity (Wildman–Crippen MR) is 70.0 cm³/mol. The Balaban J connectivity index is 2.37. The Hall–Kier alpha value is -1.58. The van der Waals surface area contributed by atoms with E-state index in [1.165, 1.54) is 24.0 Å². The lowest BCUT2D eigenvalue weighted by Gasteiger charge is -2.16. The maximum Gasteiger partial charge on any atom is 0.478 e. The van der Waals surface area contributed by atoms with Crippen LogP contribution in [0.15, 0.2) is 30.6 Å². The molecule has 4 nitrogen and oxygen atoms in total. The average Bonchev–Trinajstić information content (AvgIpc) is 2.40. The van der Waals surface area contributed by atoms with E-state index < -0.39 is 0 Å². The first kappa shape index (κ1) is 14.5. The Kier molecular flexibility index (Phi) is 6.84. The van der Waals surface area contributed by atoms with Gasteiger partial charge in [0, 0.05) is 30.0 Å². The van der Waals surface area contributed by atoms with Crippen molar-refractivity contribution in [3.63, 3.8) is 0 Å². The van der Waals surface area contributed by atoms with Crippen LogP contribution in [0.25, 0.3) is 0 Å². The second kappa shape index (κ2) is 8.50. The zero-order valence-corrected chi connectivity index (χ0v) is 11.3. The van der Waals surface area contributed by atoms with E-state index in [0.29, 0.717) is 6.54 Å². The summed E-state index contributed by atoms with van der Waals surface area (Å²) in [5, 5.41) is 0. The van der Waals surface area contributed by atoms with Gasteiger partial charge in [-0.1, -0.05) is 32.3 Å². The number of hydrogen-bond acceptors (Lipinski definition) is 2. The molecule has 0 bridgehead atoms. The molecule has 0 atom stereocenters. The van der Waals surface area contributed by atoms with Crippen LogP contribution in [0, 0.1) is 0 Å². The molecule has 1 aromatic rings. The summed E-state index contributed by atoms with van der Waals surface area (Å²) in [5.74, 6) is 0. The summed E-state index contributed by atoms with van der Waals surface area (Å²) in [6, 6.07) is 5.53. The molecule has 0 aliphatic rings. The minimum absolute atomic E-state index is 0.287. The molecule has 0 spiro atoms. The zero-order valence-electron chi connectivity index (χ0n) is 11.3. The molecule has 0 aliphatic heterocycles. The van der Waals surface area contributed by atoms with E-state index in [-0.39, 0.29) is 6.09 Å². The number of carbonyl (C=O) groups excluding carboxylic acids is 1. The second-order valence-electron chi connectivity index (χ2n) is 4.23. The van der Waals surface area contributed by atoms with E-state index in [9.17, 15) is 4.79 Å². The molecule has 1 amide bonds. The largest absolute Gasteiger partial charge is 0.478 e. The van der Waals surface area contributed by atoms with Crippen LogP contribution in [0.1, 0.15) is 39.5 Å². The fourth-order valence-corrected chi connectivity index (χ4v) is 1.70. The van der Waals surface area contributed by atoms with Gasteiger partial charge in [-0.05, 0) is 13.3 Å². The average molecular weight is 251 g/mol. The highest BCUT2D eigenvalue weighted by Gasteiger charge is 2.17. The van der Waals surface area contributed by atoms with Crippen molar-refractivity contribution < 1.29 is 14.4 Å². The monoisotopic (exact) mass is 251 g/mol. The number of amides is 1. The summed E-state index contributed by atoms with van der Waals surface area (Å²) in [6.45, 7) is 5.59. The molecule has 0 saturated heterocycles. The fraction of sp³-hybridized carbons (Fsp3) is 0.571. The molecule has 0 aromatic carbocycles. The lowest BCUT2D eigenvalue weighted by Crippen LogP contribution is -2.50. The quantitative estimate of drug-likeness (QED) is 0.551. The number of carbonyl (C=O) groups is 1. The fourth-order valence-electron chi connectivity index (χ4n) is 1.70. The van der Waals surface area contributed by atoms with Crippen LogP contribution < -0.4 is 9.57 Å². The van der Waals surface area contributed by atoms with Crippen molar-refractivity contribution in [2.75, 3.05) is 13.1 Å². The van der Waals surface area contributed by atoms with E-state index in [4.69, 9.17) is 4.84 Å². The molecule has 4 heteroatoms. The van der Waals surface area contributed by atoms with Gasteiger partial charge < -0.3 is 4.90 Å². The molecule has 1 aromatic heterocycles. The van der Waals surface area contributed by atoms with Crippen LogP contribution in [-0.2, 0) is 0 Å². The second-order valence-corrected chi connectivity index (χ2v) is 4.23. The molecule has 0 unspecified atom stereocenters. The summed E-state index contributed by atoms with van der Waals surface area (Å²) < 4.78 is 1.43. The van der Waals surface area contributed by atoms with Gasteiger partial charge in [-0.15, -0.1) is 0 Å². The lowest BCUT2D eigenvalue weighted by molar-refractivity contribution is -0.869. The third-order valence-corrected chi connectivity index (χ3v) is 2.79. The highest BCUT2D eigenvalue weighted by molar-refractivity contribution is 5.67. The first-order valence-corrected chi connectivity index (χ1v) is 6.71. The maximum absolute atomic E-state index is 11.9. The molecular formula is C14H23N2O2+. The number of unbranched alkanes of at least 4 members (excludes halogenated alkanes) is 3. The molecule has 1 rings (SSSR count). The van der Waals surface area contributed by atoms with E-state index in [1.54, 1.807) is 17.3 Å². The summed E-state index contributed by atoms with van der Waals surface area (Å²) in [6.07, 6.45) is 7.77. The Morgan fingerprint density at radius 2 is 1.83 bits per heavy atom. The highest BCUT2D eigenvalue weighted by atomic mass is 16.7. The number of aromatic nitrogens is 1. The van der Waals surface area contributed by atoms with Gasteiger partial charge in [-0.3, -0.25) is 0 Å². The molecule has 0 aliphatic carbocycles. The Bertz CT molecular complexity index is 341. The van der Waals surface area contributed by atoms with Crippen molar-refractivity contribution in [3.8, 4) is 0 Å². The highest BCUT2D eigenvalue weighted by Crippen LogP contribution is 2.01. The third-order valence-electron chi connectivity index (χ3n) is 2.79. The topological polar surface area (TPSA) is 33.4 Å². The molecular weight excluding hydrogens is 228 g/mol. The number of hydrogen-bond donors (Lipinski definition) is 0. The van der Waals surface area contributed by atoms with Gasteiger partial charge in [0.2, 0.25) is 12.4 Å². The van der Waals surface area contributed by atoms with Crippen LogP contribution >= 0.6 is 0 Å². The van der Waals surface area contributed by atoms with E-state index in [0.717, 1.165) is 13.0 Å². The van der Waals surface area contributed by atoms with Crippen LogP contribution in [-0.4, -0.2) is 24.1 Å². The first-order valence-electron chi connectivity index (χ1n) is 6.71. The summed E-state index contributed by atoms with van der Waals surface area (Å²) in [5.41, 5.74) is 0. The third kappa shape index (κ3) is 5.17. The van der Waals surface area contributed by atoms with Crippen molar-refractivity contribution in [2.24, 2.45) is 0 Å². The number of nitrogens with zero attached hydrogens (tertiary/aromatic N) is 2. The van der Waals surface area contributed by atoms with Gasteiger partial charge in [-0.2, -0.15) is 4.84 Å². The van der Waals surface area contributed by atoms with Gasteiger partial charge in [0.25, 0.3) is 0 Å². The van der Waals surface area contributed by atoms with Gasteiger partial charge in [0.05, 0.1) is 0 Å². The smallest absolute Gasteiger partial charge is 0.303 e. The van der Waals surface area contributed by atoms with E-state index in [1.807, 2.05) is 25.1 Å². The minimum atomic E-state index is -0.287. The van der Waals surface area contributed by atoms with E-state index >= 15 is 0 Å². The van der Waals surface area contributed by atoms with E-state index in [2.05, 4.69) is 6.92 Å². The summed E-state index contributed by atoms with van der Waals surface area (Å²) in [4.78, 5) is 18.9. The van der Waals surface area contributed by atoms with Crippen molar-refractivity contribution in [1.29, 1.82) is 0 Å². The van der Waals surface area contributed by atoms with Crippen molar-refractivity contribution >= 4 is 6.09 Å². The normalized spacial score (nSPS) is 10.1. The standard InChI is InChI=1S/C14H23N2O2/c1-3-5-6-8-11-15(4-2)14(17)18-16-12-9-7-10-13-16/h7,9-10,12-13H,3-6,8,11H2,1-2H3/q+1. The molecule has 0 saturated carbocycles. The van der Waals surface area contributed by atoms with Crippen LogP contribution in [0.2, 0.25) is 0 Å². The molecule has 18 heavy (non-hydrogen) atoms. The maximum atomic E-state index is 11.9. The van der Waals surface area contributed by atoms with Gasteiger partial charge in [0.1, 0.15) is 0 Å². The summed E-state index contributed by atoms with van der Waals surface area (Å²) >= 11 is 0. The van der Waals surface area contributed by atoms with Crippen LogP contribution in [0.4, 0.5) is 4.79 Å². The van der Waals surface area contributed by atoms with Gasteiger partial charge in [0.15, 0.2) is 0 Å². The van der Waals surface area contributed by atoms with Gasteiger partial charge >= 0.3 is 6.09 Å². The van der Waals surface area contributed by atoms with Gasteiger partial charge in [-0.25, -0.2) is 4.79 Å². The van der Waals surface area contributed by atoms with Crippen molar-refractivity contribution in [3.05, 3.63) is 30.6 Å². The van der Waals surface area contributed by atoms with Crippen LogP contribution in [0.5, 0.6) is 0 Å². The number of rotatable bonds is 7. The van der Waals surface area contributed by atoms with Crippen LogP contribution in [0.3, 0.4) is 0 Å². The molecule has 0 radical (unpaired) electrons. The summed E-state index contributed by atoms with van der Waals surface area (Å²) in [7, 11) is 0. The minimum Gasteiger partial charge on any atom is -0.303 e. The molecule has 1 heterocycles. The van der Waals surface area contributed by atoms with Crippen molar-refractivity contribution in [1.82, 2.24) is 4.90 Å². The Morgan fingerprint density at radius 1 is 1.11 bits per heavy atom. The molecule has 0 N–H and O–H groups in total. The Morgan fingerprint density at radius 3 is 2.44 bits per heavy atom. The first-order chi connectivity index (χ1) is 8.77. The zero-order chi connectivity index (χ0) is 13.2.